The number of anilines is 1. The Bertz CT molecular complexity index is 578. The summed E-state index contributed by atoms with van der Waals surface area (Å²) >= 11 is 5.88. The van der Waals surface area contributed by atoms with Gasteiger partial charge in [0.1, 0.15) is 10.7 Å². The summed E-state index contributed by atoms with van der Waals surface area (Å²) in [6.45, 7) is 1.68. The molecule has 7 heteroatoms. The fourth-order valence-electron chi connectivity index (χ4n) is 2.83. The van der Waals surface area contributed by atoms with Gasteiger partial charge in [0.2, 0.25) is 0 Å². The largest absolute Gasteiger partial charge is 0.481 e. The van der Waals surface area contributed by atoms with Crippen LogP contribution >= 0.6 is 11.6 Å². The minimum absolute atomic E-state index is 0.0397. The van der Waals surface area contributed by atoms with Gasteiger partial charge in [-0.1, -0.05) is 30.5 Å². The number of nitrogens with one attached hydrogen (secondary N) is 1. The van der Waals surface area contributed by atoms with Gasteiger partial charge in [0.25, 0.3) is 0 Å². The van der Waals surface area contributed by atoms with Crippen LogP contribution in [0.25, 0.3) is 0 Å². The van der Waals surface area contributed by atoms with Crippen molar-refractivity contribution >= 4 is 28.9 Å². The molecule has 21 heavy (non-hydrogen) atoms. The summed E-state index contributed by atoms with van der Waals surface area (Å²) in [5.41, 5.74) is -0.876. The normalized spacial score (nSPS) is 25.3. The Morgan fingerprint density at radius 3 is 2.86 bits per heavy atom. The Morgan fingerprint density at radius 2 is 2.24 bits per heavy atom. The van der Waals surface area contributed by atoms with Crippen LogP contribution in [0.3, 0.4) is 0 Å². The number of nitro benzene ring substituents is 1. The summed E-state index contributed by atoms with van der Waals surface area (Å²) in [5, 5.41) is 23.7. The van der Waals surface area contributed by atoms with E-state index in [0.717, 1.165) is 12.8 Å². The molecule has 2 rings (SSSR count). The number of hydrogen-bond donors (Lipinski definition) is 2. The predicted octanol–water partition coefficient (Wildman–Crippen LogP) is 3.69. The zero-order chi connectivity index (χ0) is 15.6. The lowest BCUT2D eigenvalue weighted by atomic mass is 9.71. The van der Waals surface area contributed by atoms with Crippen molar-refractivity contribution in [2.24, 2.45) is 5.41 Å². The number of para-hydroxylation sites is 1. The summed E-state index contributed by atoms with van der Waals surface area (Å²) in [4.78, 5) is 22.2. The van der Waals surface area contributed by atoms with Crippen molar-refractivity contribution in [2.75, 3.05) is 5.32 Å². The van der Waals surface area contributed by atoms with Crippen molar-refractivity contribution in [2.45, 2.75) is 38.6 Å². The van der Waals surface area contributed by atoms with Gasteiger partial charge in [-0.25, -0.2) is 0 Å². The molecule has 2 unspecified atom stereocenters. The van der Waals surface area contributed by atoms with Crippen LogP contribution in [0.5, 0.6) is 0 Å². The number of halogens is 1. The van der Waals surface area contributed by atoms with Gasteiger partial charge in [0.15, 0.2) is 0 Å². The zero-order valence-electron chi connectivity index (χ0n) is 11.6. The van der Waals surface area contributed by atoms with Crippen LogP contribution in [0.1, 0.15) is 32.6 Å². The molecule has 0 aromatic heterocycles. The summed E-state index contributed by atoms with van der Waals surface area (Å²) in [7, 11) is 0. The molecule has 1 saturated carbocycles. The fraction of sp³-hybridized carbons (Fsp3) is 0.500. The van der Waals surface area contributed by atoms with E-state index in [2.05, 4.69) is 5.32 Å². The number of carbonyl (C=O) groups is 1. The third-order valence-corrected chi connectivity index (χ3v) is 4.50. The molecule has 1 aliphatic rings. The second kappa shape index (κ2) is 5.89. The molecule has 0 amide bonds. The van der Waals surface area contributed by atoms with Gasteiger partial charge in [-0.15, -0.1) is 0 Å². The van der Waals surface area contributed by atoms with E-state index in [-0.39, 0.29) is 22.4 Å². The standard InChI is InChI=1S/C14H17ClN2O4/c1-14(13(18)19)8-3-2-7-11(14)16-10-6-4-5-9(15)12(10)17(20)21/h4-6,11,16H,2-3,7-8H2,1H3,(H,18,19). The van der Waals surface area contributed by atoms with Gasteiger partial charge in [-0.3, -0.25) is 14.9 Å². The monoisotopic (exact) mass is 312 g/mol. The minimum Gasteiger partial charge on any atom is -0.481 e. The van der Waals surface area contributed by atoms with Crippen LogP contribution in [-0.2, 0) is 4.79 Å². The van der Waals surface area contributed by atoms with Crippen LogP contribution in [0, 0.1) is 15.5 Å². The Labute approximate surface area is 127 Å². The van der Waals surface area contributed by atoms with Crippen molar-refractivity contribution in [3.63, 3.8) is 0 Å². The second-order valence-corrected chi connectivity index (χ2v) is 5.97. The van der Waals surface area contributed by atoms with Gasteiger partial charge < -0.3 is 10.4 Å². The highest BCUT2D eigenvalue weighted by atomic mass is 35.5. The van der Waals surface area contributed by atoms with Crippen molar-refractivity contribution in [3.05, 3.63) is 33.3 Å². The lowest BCUT2D eigenvalue weighted by Gasteiger charge is -2.38. The SMILES string of the molecule is CC1(C(=O)O)CCCCC1Nc1cccc(Cl)c1[N+](=O)[O-]. The highest BCUT2D eigenvalue weighted by Crippen LogP contribution is 2.40. The quantitative estimate of drug-likeness (QED) is 0.653. The van der Waals surface area contributed by atoms with Crippen LogP contribution in [-0.4, -0.2) is 22.0 Å². The summed E-state index contributed by atoms with van der Waals surface area (Å²) in [6.07, 6.45) is 2.95. The minimum atomic E-state index is -0.936. The number of carboxylic acid groups (broad SMARTS) is 1. The van der Waals surface area contributed by atoms with Crippen LogP contribution in [0.4, 0.5) is 11.4 Å². The van der Waals surface area contributed by atoms with E-state index in [1.54, 1.807) is 19.1 Å². The molecule has 0 spiro atoms. The molecule has 1 aromatic rings. The molecule has 0 radical (unpaired) electrons. The molecule has 2 N–H and O–H groups in total. The molecule has 1 aromatic carbocycles. The van der Waals surface area contributed by atoms with Gasteiger partial charge in [-0.2, -0.15) is 0 Å². The summed E-state index contributed by atoms with van der Waals surface area (Å²) in [6, 6.07) is 4.25. The Hall–Kier alpha value is -1.82. The topological polar surface area (TPSA) is 92.5 Å². The van der Waals surface area contributed by atoms with E-state index in [1.165, 1.54) is 6.07 Å². The van der Waals surface area contributed by atoms with E-state index in [1.807, 2.05) is 0 Å². The molecule has 0 bridgehead atoms. The number of benzene rings is 1. The predicted molar refractivity (Wildman–Crippen MR) is 79.7 cm³/mol. The average Bonchev–Trinajstić information content (AvgIpc) is 2.41. The maximum Gasteiger partial charge on any atom is 0.311 e. The van der Waals surface area contributed by atoms with Crippen molar-refractivity contribution < 1.29 is 14.8 Å². The first kappa shape index (κ1) is 15.6. The van der Waals surface area contributed by atoms with Crippen molar-refractivity contribution in [1.82, 2.24) is 0 Å². The maximum atomic E-state index is 11.6. The smallest absolute Gasteiger partial charge is 0.311 e. The van der Waals surface area contributed by atoms with Crippen LogP contribution < -0.4 is 5.32 Å². The third-order valence-electron chi connectivity index (χ3n) is 4.20. The highest BCUT2D eigenvalue weighted by Gasteiger charge is 2.43. The molecule has 0 heterocycles. The van der Waals surface area contributed by atoms with E-state index >= 15 is 0 Å². The summed E-state index contributed by atoms with van der Waals surface area (Å²) < 4.78 is 0. The molecule has 0 aliphatic heterocycles. The van der Waals surface area contributed by atoms with Crippen LogP contribution in [0.2, 0.25) is 5.02 Å². The number of rotatable bonds is 4. The van der Waals surface area contributed by atoms with E-state index in [4.69, 9.17) is 11.6 Å². The Kier molecular flexibility index (Phi) is 4.37. The Morgan fingerprint density at radius 1 is 1.52 bits per heavy atom. The molecular formula is C14H17ClN2O4. The second-order valence-electron chi connectivity index (χ2n) is 5.56. The van der Waals surface area contributed by atoms with Crippen molar-refractivity contribution in [1.29, 1.82) is 0 Å². The molecular weight excluding hydrogens is 296 g/mol. The van der Waals surface area contributed by atoms with Gasteiger partial charge in [0, 0.05) is 6.04 Å². The average molecular weight is 313 g/mol. The van der Waals surface area contributed by atoms with Gasteiger partial charge in [0.05, 0.1) is 10.3 Å². The first-order valence-electron chi connectivity index (χ1n) is 6.79. The number of nitrogens with zero attached hydrogens (tertiary/aromatic N) is 1. The number of nitro groups is 1. The molecule has 2 atom stereocenters. The highest BCUT2D eigenvalue weighted by molar-refractivity contribution is 6.33. The molecule has 1 fully saturated rings. The molecule has 6 nitrogen and oxygen atoms in total. The molecule has 0 saturated heterocycles. The van der Waals surface area contributed by atoms with Crippen molar-refractivity contribution in [3.8, 4) is 0 Å². The van der Waals surface area contributed by atoms with Gasteiger partial charge in [-0.05, 0) is 31.9 Å². The molecule has 1 aliphatic carbocycles. The Balaban J connectivity index is 2.35. The van der Waals surface area contributed by atoms with E-state index in [0.29, 0.717) is 12.8 Å². The fourth-order valence-corrected chi connectivity index (χ4v) is 3.07. The van der Waals surface area contributed by atoms with E-state index < -0.39 is 16.3 Å². The number of hydrogen-bond acceptors (Lipinski definition) is 4. The lowest BCUT2D eigenvalue weighted by molar-refractivity contribution is -0.383. The number of aliphatic carboxylic acids is 1. The number of carboxylic acids is 1. The first-order valence-corrected chi connectivity index (χ1v) is 7.17. The lowest BCUT2D eigenvalue weighted by Crippen LogP contribution is -2.46. The zero-order valence-corrected chi connectivity index (χ0v) is 12.4. The maximum absolute atomic E-state index is 11.6. The van der Waals surface area contributed by atoms with E-state index in [9.17, 15) is 20.0 Å². The van der Waals surface area contributed by atoms with Crippen LogP contribution in [0.15, 0.2) is 18.2 Å². The van der Waals surface area contributed by atoms with Gasteiger partial charge >= 0.3 is 11.7 Å². The summed E-state index contributed by atoms with van der Waals surface area (Å²) in [5.74, 6) is -0.885. The molecule has 114 valence electrons. The third kappa shape index (κ3) is 2.95. The first-order chi connectivity index (χ1) is 9.86.